The summed E-state index contributed by atoms with van der Waals surface area (Å²) in [6.07, 6.45) is 0. The Morgan fingerprint density at radius 1 is 1.23 bits per heavy atom. The van der Waals surface area contributed by atoms with Gasteiger partial charge in [0.05, 0.1) is 0 Å². The van der Waals surface area contributed by atoms with Crippen LogP contribution in [0.3, 0.4) is 0 Å². The third kappa shape index (κ3) is 1.50. The Balaban J connectivity index is 2.40. The first-order chi connectivity index (χ1) is 6.40. The summed E-state index contributed by atoms with van der Waals surface area (Å²) in [5.74, 6) is 1.33. The highest BCUT2D eigenvalue weighted by atomic mass is 16.6. The Morgan fingerprint density at radius 2 is 2.00 bits per heavy atom. The quantitative estimate of drug-likeness (QED) is 0.375. The number of rotatable bonds is 1. The lowest BCUT2D eigenvalue weighted by molar-refractivity contribution is 0.171. The minimum atomic E-state index is 0.534. The van der Waals surface area contributed by atoms with Crippen LogP contribution in [0.4, 0.5) is 5.69 Å². The van der Waals surface area contributed by atoms with Gasteiger partial charge in [-0.15, -0.1) is 0 Å². The second-order valence-corrected chi connectivity index (χ2v) is 2.52. The molecule has 2 rings (SSSR count). The van der Waals surface area contributed by atoms with Crippen molar-refractivity contribution >= 4 is 5.69 Å². The summed E-state index contributed by atoms with van der Waals surface area (Å²) >= 11 is 0. The zero-order valence-electron chi connectivity index (χ0n) is 6.80. The van der Waals surface area contributed by atoms with Crippen molar-refractivity contribution in [3.8, 4) is 11.5 Å². The summed E-state index contributed by atoms with van der Waals surface area (Å²) in [5, 5.41) is 3.46. The molecule has 0 atom stereocenters. The standard InChI is InChI=1S/C8H7N3O2/c9-11-10-6-1-2-7-8(5-6)13-4-3-12-7/h1-2,5H,3-4H2. The largest absolute Gasteiger partial charge is 0.486 e. The minimum absolute atomic E-state index is 0.534. The lowest BCUT2D eigenvalue weighted by Crippen LogP contribution is -2.14. The molecule has 1 aliphatic heterocycles. The molecule has 1 aliphatic rings. The summed E-state index contributed by atoms with van der Waals surface area (Å²) in [6, 6.07) is 5.08. The zero-order chi connectivity index (χ0) is 9.10. The highest BCUT2D eigenvalue weighted by molar-refractivity contribution is 5.51. The highest BCUT2D eigenvalue weighted by Gasteiger charge is 2.10. The van der Waals surface area contributed by atoms with E-state index in [9.17, 15) is 0 Å². The molecular formula is C8H7N3O2. The Morgan fingerprint density at radius 3 is 2.77 bits per heavy atom. The van der Waals surface area contributed by atoms with Crippen molar-refractivity contribution in [1.82, 2.24) is 0 Å². The highest BCUT2D eigenvalue weighted by Crippen LogP contribution is 2.33. The predicted octanol–water partition coefficient (Wildman–Crippen LogP) is 2.40. The van der Waals surface area contributed by atoms with Gasteiger partial charge in [-0.1, -0.05) is 5.11 Å². The molecule has 0 saturated carbocycles. The van der Waals surface area contributed by atoms with Crippen molar-refractivity contribution < 1.29 is 9.47 Å². The summed E-state index contributed by atoms with van der Waals surface area (Å²) in [5.41, 5.74) is 8.74. The smallest absolute Gasteiger partial charge is 0.161 e. The molecule has 0 bridgehead atoms. The molecule has 0 fully saturated rings. The van der Waals surface area contributed by atoms with E-state index in [1.165, 1.54) is 0 Å². The number of hydrogen-bond donors (Lipinski definition) is 0. The van der Waals surface area contributed by atoms with E-state index in [2.05, 4.69) is 10.0 Å². The second kappa shape index (κ2) is 3.25. The van der Waals surface area contributed by atoms with E-state index in [0.717, 1.165) is 0 Å². The van der Waals surface area contributed by atoms with E-state index >= 15 is 0 Å². The van der Waals surface area contributed by atoms with Gasteiger partial charge in [0.2, 0.25) is 0 Å². The number of ether oxygens (including phenoxy) is 2. The third-order valence-corrected chi connectivity index (χ3v) is 1.69. The molecule has 0 amide bonds. The number of hydrogen-bond acceptors (Lipinski definition) is 3. The first kappa shape index (κ1) is 7.76. The summed E-state index contributed by atoms with van der Waals surface area (Å²) < 4.78 is 10.6. The molecule has 0 spiro atoms. The first-order valence-electron chi connectivity index (χ1n) is 3.85. The fourth-order valence-corrected chi connectivity index (χ4v) is 1.15. The van der Waals surface area contributed by atoms with Crippen molar-refractivity contribution in [2.24, 2.45) is 5.11 Å². The van der Waals surface area contributed by atoms with Gasteiger partial charge in [0.1, 0.15) is 13.2 Å². The molecule has 1 heterocycles. The molecule has 0 radical (unpaired) electrons. The number of azide groups is 1. The van der Waals surface area contributed by atoms with Crippen LogP contribution in [0.5, 0.6) is 11.5 Å². The van der Waals surface area contributed by atoms with Crippen LogP contribution < -0.4 is 9.47 Å². The van der Waals surface area contributed by atoms with Crippen LogP contribution in [0.2, 0.25) is 0 Å². The van der Waals surface area contributed by atoms with Gasteiger partial charge < -0.3 is 9.47 Å². The van der Waals surface area contributed by atoms with E-state index in [1.807, 2.05) is 0 Å². The Hall–Kier alpha value is -1.87. The minimum Gasteiger partial charge on any atom is -0.486 e. The summed E-state index contributed by atoms with van der Waals surface area (Å²) in [6.45, 7) is 1.10. The average Bonchev–Trinajstić information content (AvgIpc) is 2.18. The summed E-state index contributed by atoms with van der Waals surface area (Å²) in [4.78, 5) is 2.68. The molecule has 5 heteroatoms. The molecule has 0 aromatic heterocycles. The first-order valence-corrected chi connectivity index (χ1v) is 3.85. The molecule has 66 valence electrons. The molecule has 0 saturated heterocycles. The maximum Gasteiger partial charge on any atom is 0.161 e. The van der Waals surface area contributed by atoms with Gasteiger partial charge in [-0.3, -0.25) is 0 Å². The van der Waals surface area contributed by atoms with Gasteiger partial charge in [0, 0.05) is 10.6 Å². The Labute approximate surface area is 74.5 Å². The predicted molar refractivity (Wildman–Crippen MR) is 46.2 cm³/mol. The molecule has 0 N–H and O–H groups in total. The van der Waals surface area contributed by atoms with Crippen LogP contribution >= 0.6 is 0 Å². The van der Waals surface area contributed by atoms with Crippen molar-refractivity contribution in [1.29, 1.82) is 0 Å². The average molecular weight is 177 g/mol. The zero-order valence-corrected chi connectivity index (χ0v) is 6.80. The van der Waals surface area contributed by atoms with Crippen molar-refractivity contribution in [2.45, 2.75) is 0 Å². The molecular weight excluding hydrogens is 170 g/mol. The van der Waals surface area contributed by atoms with Crippen molar-refractivity contribution in [3.63, 3.8) is 0 Å². The topological polar surface area (TPSA) is 67.2 Å². The van der Waals surface area contributed by atoms with Crippen LogP contribution in [0.15, 0.2) is 23.3 Å². The van der Waals surface area contributed by atoms with Crippen LogP contribution in [0.1, 0.15) is 0 Å². The van der Waals surface area contributed by atoms with E-state index < -0.39 is 0 Å². The SMILES string of the molecule is [N-]=[N+]=Nc1ccc2c(c1)OCCO2. The molecule has 13 heavy (non-hydrogen) atoms. The Bertz CT molecular complexity index is 372. The van der Waals surface area contributed by atoms with E-state index in [-0.39, 0.29) is 0 Å². The molecule has 5 nitrogen and oxygen atoms in total. The van der Waals surface area contributed by atoms with Crippen LogP contribution in [-0.2, 0) is 0 Å². The third-order valence-electron chi connectivity index (χ3n) is 1.69. The fourth-order valence-electron chi connectivity index (χ4n) is 1.15. The summed E-state index contributed by atoms with van der Waals surface area (Å²) in [7, 11) is 0. The molecule has 1 aromatic carbocycles. The molecule has 1 aromatic rings. The van der Waals surface area contributed by atoms with Gasteiger partial charge in [-0.05, 0) is 23.7 Å². The van der Waals surface area contributed by atoms with E-state index in [1.54, 1.807) is 18.2 Å². The van der Waals surface area contributed by atoms with Crippen molar-refractivity contribution in [3.05, 3.63) is 28.6 Å². The van der Waals surface area contributed by atoms with Gasteiger partial charge in [-0.25, -0.2) is 0 Å². The van der Waals surface area contributed by atoms with Crippen LogP contribution in [0, 0.1) is 0 Å². The van der Waals surface area contributed by atoms with Crippen molar-refractivity contribution in [2.75, 3.05) is 13.2 Å². The normalized spacial score (nSPS) is 13.2. The number of nitrogens with zero attached hydrogens (tertiary/aromatic N) is 3. The van der Waals surface area contributed by atoms with Crippen LogP contribution in [-0.4, -0.2) is 13.2 Å². The van der Waals surface area contributed by atoms with Crippen LogP contribution in [0.25, 0.3) is 10.4 Å². The van der Waals surface area contributed by atoms with E-state index in [0.29, 0.717) is 30.4 Å². The maximum atomic E-state index is 8.21. The van der Waals surface area contributed by atoms with Gasteiger partial charge >= 0.3 is 0 Å². The second-order valence-electron chi connectivity index (χ2n) is 2.52. The maximum absolute atomic E-state index is 8.21. The lowest BCUT2D eigenvalue weighted by Gasteiger charge is -2.17. The molecule has 0 aliphatic carbocycles. The van der Waals surface area contributed by atoms with Gasteiger partial charge in [0.25, 0.3) is 0 Å². The number of fused-ring (bicyclic) bond motifs is 1. The Kier molecular flexibility index (Phi) is 1.94. The van der Waals surface area contributed by atoms with Gasteiger partial charge in [0.15, 0.2) is 11.5 Å². The number of benzene rings is 1. The van der Waals surface area contributed by atoms with Gasteiger partial charge in [-0.2, -0.15) is 0 Å². The lowest BCUT2D eigenvalue weighted by atomic mass is 10.3. The molecule has 0 unspecified atom stereocenters. The van der Waals surface area contributed by atoms with E-state index in [4.69, 9.17) is 15.0 Å². The fraction of sp³-hybridized carbons (Fsp3) is 0.250. The monoisotopic (exact) mass is 177 g/mol.